The van der Waals surface area contributed by atoms with Crippen LogP contribution in [0.1, 0.15) is 76.4 Å². The number of unbranched alkanes of at least 4 members (excludes halogenated alkanes) is 1. The van der Waals surface area contributed by atoms with Crippen molar-refractivity contribution in [3.05, 3.63) is 35.3 Å². The van der Waals surface area contributed by atoms with E-state index in [4.69, 9.17) is 13.9 Å². The molecule has 1 aromatic heterocycles. The van der Waals surface area contributed by atoms with Gasteiger partial charge in [0, 0.05) is 5.92 Å². The summed E-state index contributed by atoms with van der Waals surface area (Å²) in [4.78, 5) is 4.28. The Balaban J connectivity index is 2.11. The fourth-order valence-corrected chi connectivity index (χ4v) is 2.79. The zero-order chi connectivity index (χ0) is 21.1. The minimum absolute atomic E-state index is 0.190. The van der Waals surface area contributed by atoms with Gasteiger partial charge in [-0.1, -0.05) is 27.2 Å². The van der Waals surface area contributed by atoms with Gasteiger partial charge in [0.25, 0.3) is 5.88 Å². The fourth-order valence-electron chi connectivity index (χ4n) is 2.79. The number of benzene rings is 1. The van der Waals surface area contributed by atoms with E-state index in [1.807, 2.05) is 31.2 Å². The van der Waals surface area contributed by atoms with Crippen molar-refractivity contribution in [3.8, 4) is 17.6 Å². The molecular weight excluding hydrogens is 368 g/mol. The van der Waals surface area contributed by atoms with Gasteiger partial charge >= 0.3 is 0 Å². The maximum absolute atomic E-state index is 9.30. The van der Waals surface area contributed by atoms with E-state index in [0.29, 0.717) is 24.9 Å². The summed E-state index contributed by atoms with van der Waals surface area (Å²) in [7, 11) is 0. The number of aromatic nitrogens is 1. The fraction of sp³-hybridized carbons (Fsp3) is 0.500. The van der Waals surface area contributed by atoms with E-state index < -0.39 is 0 Å². The second kappa shape index (κ2) is 11.7. The molecule has 0 aliphatic carbocycles. The van der Waals surface area contributed by atoms with Crippen molar-refractivity contribution < 1.29 is 13.9 Å². The van der Waals surface area contributed by atoms with Gasteiger partial charge in [0.2, 0.25) is 11.6 Å². The summed E-state index contributed by atoms with van der Waals surface area (Å²) in [5.41, 5.74) is 3.83. The number of nitriles is 1. The lowest BCUT2D eigenvalue weighted by molar-refractivity contribution is 0.272. The number of oxazole rings is 1. The number of ether oxygens (including phenoxy) is 2. The predicted octanol–water partition coefficient (Wildman–Crippen LogP) is 5.47. The lowest BCUT2D eigenvalue weighted by Gasteiger charge is -2.12. The third-order valence-corrected chi connectivity index (χ3v) is 4.49. The summed E-state index contributed by atoms with van der Waals surface area (Å²) in [5, 5.41) is 13.5. The van der Waals surface area contributed by atoms with Crippen LogP contribution >= 0.6 is 0 Å². The molecule has 0 saturated heterocycles. The Kier molecular flexibility index (Phi) is 9.03. The highest BCUT2D eigenvalue weighted by Crippen LogP contribution is 2.29. The largest absolute Gasteiger partial charge is 0.490 e. The Hall–Kier alpha value is -3.01. The summed E-state index contributed by atoms with van der Waals surface area (Å²) < 4.78 is 17.2. The number of hydrogen-bond donors (Lipinski definition) is 1. The molecule has 0 amide bonds. The van der Waals surface area contributed by atoms with E-state index >= 15 is 0 Å². The van der Waals surface area contributed by atoms with Crippen LogP contribution in [0.3, 0.4) is 0 Å². The molecule has 0 saturated carbocycles. The number of anilines is 1. The summed E-state index contributed by atoms with van der Waals surface area (Å²) in [5.74, 6) is 2.42. The molecule has 1 heterocycles. The van der Waals surface area contributed by atoms with Gasteiger partial charge < -0.3 is 13.9 Å². The number of hydrazone groups is 1. The van der Waals surface area contributed by atoms with Crippen LogP contribution in [0.15, 0.2) is 27.7 Å². The first-order valence-electron chi connectivity index (χ1n) is 10.3. The van der Waals surface area contributed by atoms with Crippen molar-refractivity contribution in [2.45, 2.75) is 59.3 Å². The summed E-state index contributed by atoms with van der Waals surface area (Å²) in [6.45, 7) is 9.41. The zero-order valence-electron chi connectivity index (χ0n) is 17.7. The molecule has 7 heteroatoms. The SMILES string of the molecule is CCCCOc1ccc(C=NNc2oc(C(CC)CC)nc2C#N)cc1OCC. The predicted molar refractivity (Wildman–Crippen MR) is 114 cm³/mol. The van der Waals surface area contributed by atoms with Crippen LogP contribution in [0, 0.1) is 11.3 Å². The monoisotopic (exact) mass is 398 g/mol. The number of nitrogens with zero attached hydrogens (tertiary/aromatic N) is 3. The second-order valence-corrected chi connectivity index (χ2v) is 6.57. The average molecular weight is 399 g/mol. The Bertz CT molecular complexity index is 835. The van der Waals surface area contributed by atoms with Crippen molar-refractivity contribution >= 4 is 12.1 Å². The summed E-state index contributed by atoms with van der Waals surface area (Å²) >= 11 is 0. The molecule has 1 aromatic carbocycles. The van der Waals surface area contributed by atoms with Gasteiger partial charge in [-0.25, -0.2) is 10.4 Å². The minimum atomic E-state index is 0.190. The molecule has 0 radical (unpaired) electrons. The summed E-state index contributed by atoms with van der Waals surface area (Å²) in [6.07, 6.45) is 5.51. The Morgan fingerprint density at radius 1 is 1.21 bits per heavy atom. The highest BCUT2D eigenvalue weighted by molar-refractivity contribution is 5.81. The molecular formula is C22H30N4O3. The number of hydrogen-bond acceptors (Lipinski definition) is 7. The molecule has 0 unspecified atom stereocenters. The minimum Gasteiger partial charge on any atom is -0.490 e. The molecule has 0 spiro atoms. The van der Waals surface area contributed by atoms with Crippen LogP contribution in [0.25, 0.3) is 0 Å². The van der Waals surface area contributed by atoms with Crippen molar-refractivity contribution in [3.63, 3.8) is 0 Å². The molecule has 2 rings (SSSR count). The van der Waals surface area contributed by atoms with Crippen LogP contribution in [0.2, 0.25) is 0 Å². The van der Waals surface area contributed by atoms with Gasteiger partial charge in [0.05, 0.1) is 19.4 Å². The van der Waals surface area contributed by atoms with Crippen LogP contribution < -0.4 is 14.9 Å². The first kappa shape index (κ1) is 22.3. The molecule has 0 bridgehead atoms. The Labute approximate surface area is 172 Å². The number of rotatable bonds is 12. The van der Waals surface area contributed by atoms with Crippen LogP contribution in [0.5, 0.6) is 11.5 Å². The van der Waals surface area contributed by atoms with E-state index in [-0.39, 0.29) is 17.5 Å². The van der Waals surface area contributed by atoms with Crippen molar-refractivity contribution in [2.24, 2.45) is 5.10 Å². The van der Waals surface area contributed by atoms with E-state index in [1.54, 1.807) is 6.21 Å². The first-order valence-corrected chi connectivity index (χ1v) is 10.3. The van der Waals surface area contributed by atoms with E-state index in [2.05, 4.69) is 36.3 Å². The maximum atomic E-state index is 9.30. The van der Waals surface area contributed by atoms with Gasteiger partial charge in [0.1, 0.15) is 6.07 Å². The van der Waals surface area contributed by atoms with Crippen molar-refractivity contribution in [1.29, 1.82) is 5.26 Å². The van der Waals surface area contributed by atoms with E-state index in [9.17, 15) is 5.26 Å². The quantitative estimate of drug-likeness (QED) is 0.289. The van der Waals surface area contributed by atoms with Crippen molar-refractivity contribution in [2.75, 3.05) is 18.6 Å². The molecule has 1 N–H and O–H groups in total. The van der Waals surface area contributed by atoms with E-state index in [0.717, 1.165) is 37.0 Å². The topological polar surface area (TPSA) is 92.7 Å². The van der Waals surface area contributed by atoms with E-state index in [1.165, 1.54) is 0 Å². The standard InChI is InChI=1S/C22H30N4O3/c1-5-9-12-28-19-11-10-16(13-20(19)27-8-4)15-24-26-22-18(14-23)25-21(29-22)17(6-2)7-3/h10-11,13,15,17,26H,5-9,12H2,1-4H3. The van der Waals surface area contributed by atoms with Gasteiger partial charge in [-0.3, -0.25) is 0 Å². The first-order chi connectivity index (χ1) is 14.2. The Morgan fingerprint density at radius 2 is 2.00 bits per heavy atom. The lowest BCUT2D eigenvalue weighted by Crippen LogP contribution is -2.01. The van der Waals surface area contributed by atoms with Crippen molar-refractivity contribution in [1.82, 2.24) is 4.98 Å². The van der Waals surface area contributed by atoms with Crippen LogP contribution in [0.4, 0.5) is 5.88 Å². The average Bonchev–Trinajstić information content (AvgIpc) is 3.14. The van der Waals surface area contributed by atoms with Gasteiger partial charge in [-0.05, 0) is 49.9 Å². The Morgan fingerprint density at radius 3 is 2.66 bits per heavy atom. The summed E-state index contributed by atoms with van der Waals surface area (Å²) in [6, 6.07) is 7.70. The lowest BCUT2D eigenvalue weighted by atomic mass is 10.0. The molecule has 29 heavy (non-hydrogen) atoms. The molecule has 0 fully saturated rings. The van der Waals surface area contributed by atoms with Gasteiger partial charge in [-0.2, -0.15) is 10.4 Å². The molecule has 0 atom stereocenters. The van der Waals surface area contributed by atoms with Gasteiger partial charge in [-0.15, -0.1) is 0 Å². The molecule has 0 aliphatic heterocycles. The smallest absolute Gasteiger partial charge is 0.252 e. The maximum Gasteiger partial charge on any atom is 0.252 e. The molecule has 7 nitrogen and oxygen atoms in total. The highest BCUT2D eigenvalue weighted by atomic mass is 16.5. The zero-order valence-corrected chi connectivity index (χ0v) is 17.7. The highest BCUT2D eigenvalue weighted by Gasteiger charge is 2.18. The van der Waals surface area contributed by atoms with Gasteiger partial charge in [0.15, 0.2) is 11.5 Å². The van der Waals surface area contributed by atoms with Crippen LogP contribution in [-0.4, -0.2) is 24.4 Å². The normalized spacial score (nSPS) is 11.0. The molecule has 0 aliphatic rings. The molecule has 156 valence electrons. The molecule has 2 aromatic rings. The third kappa shape index (κ3) is 6.24. The number of nitrogens with one attached hydrogen (secondary N) is 1. The second-order valence-electron chi connectivity index (χ2n) is 6.57. The van der Waals surface area contributed by atoms with Crippen LogP contribution in [-0.2, 0) is 0 Å². The third-order valence-electron chi connectivity index (χ3n) is 4.49.